The second kappa shape index (κ2) is 9.49. The average Bonchev–Trinajstić information content (AvgIpc) is 2.67. The number of aliphatic hydroxyl groups excluding tert-OH is 1. The summed E-state index contributed by atoms with van der Waals surface area (Å²) < 4.78 is 6.87. The highest BCUT2D eigenvalue weighted by atomic mass is 28.4. The summed E-state index contributed by atoms with van der Waals surface area (Å²) in [6, 6.07) is 21.3. The maximum absolute atomic E-state index is 10.4. The standard InChI is InChI=1S/C24H34O2Si/c1-6-7-18-23(25)20(2)19-26-27(24(3,4)5,21-14-10-8-11-15-21)22-16-12-9-13-17-22/h7-18,20,23,25H,6,19H2,1-5H3/b18-7+/t20-,23-/m0/s1. The second-order valence-electron chi connectivity index (χ2n) is 8.28. The van der Waals surface area contributed by atoms with Crippen LogP contribution in [-0.2, 0) is 4.43 Å². The van der Waals surface area contributed by atoms with Crippen LogP contribution in [0.5, 0.6) is 0 Å². The van der Waals surface area contributed by atoms with E-state index < -0.39 is 14.4 Å². The molecule has 0 aromatic heterocycles. The number of hydrogen-bond acceptors (Lipinski definition) is 2. The van der Waals surface area contributed by atoms with E-state index in [1.54, 1.807) is 0 Å². The summed E-state index contributed by atoms with van der Waals surface area (Å²) in [5.74, 6) is 0.0365. The minimum absolute atomic E-state index is 0.0365. The average molecular weight is 383 g/mol. The van der Waals surface area contributed by atoms with Crippen LogP contribution in [0.4, 0.5) is 0 Å². The molecule has 0 saturated carbocycles. The SMILES string of the molecule is CC/C=C/[C@H](O)[C@@H](C)CO[Si](c1ccccc1)(c1ccccc1)C(C)(C)C. The summed E-state index contributed by atoms with van der Waals surface area (Å²) in [5.41, 5.74) is 0. The molecule has 0 unspecified atom stereocenters. The molecule has 1 N–H and O–H groups in total. The van der Waals surface area contributed by atoms with Gasteiger partial charge in [0.2, 0.25) is 0 Å². The smallest absolute Gasteiger partial charge is 0.261 e. The lowest BCUT2D eigenvalue weighted by molar-refractivity contribution is 0.116. The molecule has 146 valence electrons. The van der Waals surface area contributed by atoms with Gasteiger partial charge in [-0.3, -0.25) is 0 Å². The first-order valence-corrected chi connectivity index (χ1v) is 11.8. The molecule has 0 aliphatic rings. The van der Waals surface area contributed by atoms with E-state index in [9.17, 15) is 5.11 Å². The molecule has 0 amide bonds. The number of aliphatic hydroxyl groups is 1. The summed E-state index contributed by atoms with van der Waals surface area (Å²) in [7, 11) is -2.52. The minimum atomic E-state index is -2.52. The van der Waals surface area contributed by atoms with Gasteiger partial charge in [0.25, 0.3) is 8.32 Å². The van der Waals surface area contributed by atoms with E-state index in [4.69, 9.17) is 4.43 Å². The maximum Gasteiger partial charge on any atom is 0.261 e. The monoisotopic (exact) mass is 382 g/mol. The Hall–Kier alpha value is -1.68. The Morgan fingerprint density at radius 2 is 1.44 bits per heavy atom. The fraction of sp³-hybridized carbons (Fsp3) is 0.417. The molecule has 2 nitrogen and oxygen atoms in total. The van der Waals surface area contributed by atoms with Crippen molar-refractivity contribution >= 4 is 18.7 Å². The van der Waals surface area contributed by atoms with E-state index in [2.05, 4.69) is 95.3 Å². The van der Waals surface area contributed by atoms with Crippen LogP contribution in [0.3, 0.4) is 0 Å². The fourth-order valence-electron chi connectivity index (χ4n) is 3.58. The number of hydrogen-bond donors (Lipinski definition) is 1. The molecule has 0 fully saturated rings. The first kappa shape index (κ1) is 21.6. The Labute approximate surface area is 166 Å². The summed E-state index contributed by atoms with van der Waals surface area (Å²) in [5, 5.41) is 12.9. The van der Waals surface area contributed by atoms with Crippen molar-refractivity contribution in [3.8, 4) is 0 Å². The van der Waals surface area contributed by atoms with Crippen LogP contribution in [0, 0.1) is 5.92 Å². The van der Waals surface area contributed by atoms with Gasteiger partial charge in [-0.2, -0.15) is 0 Å². The van der Waals surface area contributed by atoms with Crippen molar-refractivity contribution in [3.63, 3.8) is 0 Å². The molecule has 0 aliphatic carbocycles. The highest BCUT2D eigenvalue weighted by Gasteiger charge is 2.50. The van der Waals surface area contributed by atoms with E-state index in [1.165, 1.54) is 10.4 Å². The van der Waals surface area contributed by atoms with E-state index in [0.29, 0.717) is 6.61 Å². The topological polar surface area (TPSA) is 29.5 Å². The number of allylic oxidation sites excluding steroid dienone is 1. The van der Waals surface area contributed by atoms with E-state index in [0.717, 1.165) is 6.42 Å². The van der Waals surface area contributed by atoms with Crippen molar-refractivity contribution in [3.05, 3.63) is 72.8 Å². The summed E-state index contributed by atoms with van der Waals surface area (Å²) in [4.78, 5) is 0. The second-order valence-corrected chi connectivity index (χ2v) is 12.6. The third-order valence-corrected chi connectivity index (χ3v) is 10.1. The number of benzene rings is 2. The van der Waals surface area contributed by atoms with Gasteiger partial charge in [-0.15, -0.1) is 0 Å². The first-order valence-electron chi connectivity index (χ1n) is 9.92. The Morgan fingerprint density at radius 3 is 1.85 bits per heavy atom. The molecular formula is C24H34O2Si. The first-order chi connectivity index (χ1) is 12.8. The van der Waals surface area contributed by atoms with Gasteiger partial charge in [0.15, 0.2) is 0 Å². The van der Waals surface area contributed by atoms with Gasteiger partial charge >= 0.3 is 0 Å². The summed E-state index contributed by atoms with van der Waals surface area (Å²) in [6.45, 7) is 11.5. The highest BCUT2D eigenvalue weighted by molar-refractivity contribution is 6.99. The van der Waals surface area contributed by atoms with E-state index in [-0.39, 0.29) is 11.0 Å². The van der Waals surface area contributed by atoms with Crippen molar-refractivity contribution in [2.45, 2.75) is 52.2 Å². The molecule has 0 bridgehead atoms. The molecule has 2 rings (SSSR count). The predicted octanol–water partition coefficient (Wildman–Crippen LogP) is 4.53. The van der Waals surface area contributed by atoms with Crippen LogP contribution < -0.4 is 10.4 Å². The maximum atomic E-state index is 10.4. The van der Waals surface area contributed by atoms with Crippen molar-refractivity contribution in [1.29, 1.82) is 0 Å². The van der Waals surface area contributed by atoms with Crippen molar-refractivity contribution in [2.24, 2.45) is 5.92 Å². The summed E-state index contributed by atoms with van der Waals surface area (Å²) >= 11 is 0. The quantitative estimate of drug-likeness (QED) is 0.537. The minimum Gasteiger partial charge on any atom is -0.407 e. The van der Waals surface area contributed by atoms with Gasteiger partial charge in [0, 0.05) is 12.5 Å². The molecule has 2 atom stereocenters. The molecular weight excluding hydrogens is 348 g/mol. The van der Waals surface area contributed by atoms with E-state index >= 15 is 0 Å². The molecule has 3 heteroatoms. The Kier molecular flexibility index (Phi) is 7.60. The highest BCUT2D eigenvalue weighted by Crippen LogP contribution is 2.37. The lowest BCUT2D eigenvalue weighted by atomic mass is 10.1. The van der Waals surface area contributed by atoms with Gasteiger partial charge in [0.05, 0.1) is 6.10 Å². The van der Waals surface area contributed by atoms with E-state index in [1.807, 2.05) is 12.2 Å². The predicted molar refractivity (Wildman–Crippen MR) is 118 cm³/mol. The lowest BCUT2D eigenvalue weighted by Crippen LogP contribution is -2.67. The Balaban J connectivity index is 2.45. The third kappa shape index (κ3) is 4.98. The van der Waals surface area contributed by atoms with Gasteiger partial charge < -0.3 is 9.53 Å². The van der Waals surface area contributed by atoms with Gasteiger partial charge in [-0.25, -0.2) is 0 Å². The van der Waals surface area contributed by atoms with Crippen LogP contribution in [0.25, 0.3) is 0 Å². The Bertz CT molecular complexity index is 665. The van der Waals surface area contributed by atoms with Gasteiger partial charge in [-0.05, 0) is 21.8 Å². The van der Waals surface area contributed by atoms with Crippen molar-refractivity contribution in [2.75, 3.05) is 6.61 Å². The molecule has 27 heavy (non-hydrogen) atoms. The number of rotatable bonds is 8. The normalized spacial score (nSPS) is 15.0. The lowest BCUT2D eigenvalue weighted by Gasteiger charge is -2.43. The molecule has 0 spiro atoms. The zero-order valence-electron chi connectivity index (χ0n) is 17.4. The molecule has 2 aromatic carbocycles. The Morgan fingerprint density at radius 1 is 0.963 bits per heavy atom. The zero-order chi connectivity index (χ0) is 19.9. The van der Waals surface area contributed by atoms with Crippen LogP contribution in [0.2, 0.25) is 5.04 Å². The molecule has 2 aromatic rings. The third-order valence-electron chi connectivity index (χ3n) is 5.13. The van der Waals surface area contributed by atoms with Gasteiger partial charge in [-0.1, -0.05) is 107 Å². The molecule has 0 radical (unpaired) electrons. The van der Waals surface area contributed by atoms with Crippen LogP contribution in [0.15, 0.2) is 72.8 Å². The van der Waals surface area contributed by atoms with Crippen LogP contribution in [-0.4, -0.2) is 26.1 Å². The van der Waals surface area contributed by atoms with Gasteiger partial charge in [0.1, 0.15) is 0 Å². The summed E-state index contributed by atoms with van der Waals surface area (Å²) in [6.07, 6.45) is 4.35. The fourth-order valence-corrected chi connectivity index (χ4v) is 8.25. The van der Waals surface area contributed by atoms with Crippen LogP contribution in [0.1, 0.15) is 41.0 Å². The molecule has 0 heterocycles. The van der Waals surface area contributed by atoms with Crippen molar-refractivity contribution < 1.29 is 9.53 Å². The molecule has 0 saturated heterocycles. The van der Waals surface area contributed by atoms with Crippen molar-refractivity contribution in [1.82, 2.24) is 0 Å². The zero-order valence-corrected chi connectivity index (χ0v) is 18.4. The largest absolute Gasteiger partial charge is 0.407 e. The van der Waals surface area contributed by atoms with Crippen LogP contribution >= 0.6 is 0 Å². The molecule has 0 aliphatic heterocycles.